The Morgan fingerprint density at radius 2 is 1.65 bits per heavy atom. The molecule has 0 unspecified atom stereocenters. The number of allylic oxidation sites excluding steroid dienone is 1. The van der Waals surface area contributed by atoms with Crippen molar-refractivity contribution in [3.8, 4) is 0 Å². The number of benzene rings is 1. The Balaban J connectivity index is 3.02. The summed E-state index contributed by atoms with van der Waals surface area (Å²) in [7, 11) is 5.58. The molecule has 20 heavy (non-hydrogen) atoms. The van der Waals surface area contributed by atoms with Crippen LogP contribution in [0, 0.1) is 11.2 Å². The molecule has 3 nitrogen and oxygen atoms in total. The minimum Gasteiger partial charge on any atom is -0.319 e. The van der Waals surface area contributed by atoms with Gasteiger partial charge in [-0.1, -0.05) is 27.4 Å². The number of hydrogen-bond acceptors (Lipinski definition) is 1. The summed E-state index contributed by atoms with van der Waals surface area (Å²) in [5.74, 6) is 0.515. The predicted octanol–water partition coefficient (Wildman–Crippen LogP) is 3.74. The maximum absolute atomic E-state index is 13.0. The Morgan fingerprint density at radius 3 is 2.05 bits per heavy atom. The van der Waals surface area contributed by atoms with Crippen LogP contribution in [0.15, 0.2) is 41.5 Å². The first kappa shape index (κ1) is 16.2. The minimum absolute atomic E-state index is 0.0473. The predicted molar refractivity (Wildman–Crippen MR) is 84.5 cm³/mol. The van der Waals surface area contributed by atoms with Crippen molar-refractivity contribution in [1.82, 2.24) is 4.90 Å². The fraction of sp³-hybridized carbons (Fsp3) is 0.438. The van der Waals surface area contributed by atoms with Crippen molar-refractivity contribution in [3.05, 3.63) is 42.4 Å². The Labute approximate surface area is 121 Å². The van der Waals surface area contributed by atoms with E-state index in [2.05, 4.69) is 32.3 Å². The van der Waals surface area contributed by atoms with E-state index in [0.29, 0.717) is 0 Å². The summed E-state index contributed by atoms with van der Waals surface area (Å²) in [6.07, 6.45) is 0. The van der Waals surface area contributed by atoms with Crippen LogP contribution in [0.1, 0.15) is 20.8 Å². The average molecular weight is 277 g/mol. The number of rotatable bonds is 2. The van der Waals surface area contributed by atoms with Gasteiger partial charge in [0.1, 0.15) is 5.82 Å². The molecule has 0 N–H and O–H groups in total. The van der Waals surface area contributed by atoms with Gasteiger partial charge in [-0.2, -0.15) is 0 Å². The van der Waals surface area contributed by atoms with E-state index in [1.807, 2.05) is 23.9 Å². The van der Waals surface area contributed by atoms with E-state index in [4.69, 9.17) is 0 Å². The molecule has 1 aromatic carbocycles. The van der Waals surface area contributed by atoms with Crippen LogP contribution >= 0.6 is 0 Å². The third kappa shape index (κ3) is 3.59. The van der Waals surface area contributed by atoms with Crippen molar-refractivity contribution in [2.24, 2.45) is 10.4 Å². The highest BCUT2D eigenvalue weighted by Crippen LogP contribution is 2.27. The van der Waals surface area contributed by atoms with Crippen LogP contribution in [0.5, 0.6) is 0 Å². The Kier molecular flexibility index (Phi) is 4.93. The molecule has 4 heteroatoms. The number of aliphatic imine (C=N–C) groups is 1. The fourth-order valence-corrected chi connectivity index (χ4v) is 1.93. The summed E-state index contributed by atoms with van der Waals surface area (Å²) < 4.78 is 13.0. The van der Waals surface area contributed by atoms with E-state index in [-0.39, 0.29) is 11.2 Å². The van der Waals surface area contributed by atoms with Gasteiger partial charge < -0.3 is 9.80 Å². The molecule has 0 heterocycles. The zero-order valence-corrected chi connectivity index (χ0v) is 13.2. The van der Waals surface area contributed by atoms with E-state index in [1.54, 1.807) is 19.2 Å². The molecule has 0 fully saturated rings. The molecular weight excluding hydrogens is 253 g/mol. The van der Waals surface area contributed by atoms with Gasteiger partial charge in [0, 0.05) is 37.9 Å². The van der Waals surface area contributed by atoms with Crippen LogP contribution in [0.2, 0.25) is 0 Å². The molecule has 0 spiro atoms. The molecule has 0 saturated heterocycles. The summed E-state index contributed by atoms with van der Waals surface area (Å²) >= 11 is 0. The maximum atomic E-state index is 13.0. The normalized spacial score (nSPS) is 12.2. The fourth-order valence-electron chi connectivity index (χ4n) is 1.93. The second-order valence-electron chi connectivity index (χ2n) is 5.81. The Morgan fingerprint density at radius 1 is 1.15 bits per heavy atom. The lowest BCUT2D eigenvalue weighted by Gasteiger charge is -2.35. The van der Waals surface area contributed by atoms with Crippen LogP contribution in [0.4, 0.5) is 10.1 Å². The molecule has 1 rings (SSSR count). The summed E-state index contributed by atoms with van der Waals surface area (Å²) in [5.41, 5.74) is 1.79. The SMILES string of the molecule is C=C(N(C)C(=NC)N(C)c1ccc(F)cc1)C(C)(C)C. The van der Waals surface area contributed by atoms with E-state index >= 15 is 0 Å². The van der Waals surface area contributed by atoms with Crippen molar-refractivity contribution in [2.75, 3.05) is 26.0 Å². The van der Waals surface area contributed by atoms with Crippen molar-refractivity contribution in [2.45, 2.75) is 20.8 Å². The summed E-state index contributed by atoms with van der Waals surface area (Å²) in [6, 6.07) is 6.35. The van der Waals surface area contributed by atoms with Gasteiger partial charge in [0.05, 0.1) is 0 Å². The van der Waals surface area contributed by atoms with Gasteiger partial charge in [0.15, 0.2) is 0 Å². The molecule has 0 aliphatic rings. The van der Waals surface area contributed by atoms with Gasteiger partial charge in [-0.05, 0) is 24.3 Å². The van der Waals surface area contributed by atoms with Crippen molar-refractivity contribution >= 4 is 11.6 Å². The minimum atomic E-state index is -0.246. The zero-order valence-electron chi connectivity index (χ0n) is 13.2. The van der Waals surface area contributed by atoms with Crippen molar-refractivity contribution < 1.29 is 4.39 Å². The Bertz CT molecular complexity index is 497. The smallest absolute Gasteiger partial charge is 0.204 e. The van der Waals surface area contributed by atoms with Gasteiger partial charge >= 0.3 is 0 Å². The third-order valence-electron chi connectivity index (χ3n) is 3.28. The topological polar surface area (TPSA) is 18.8 Å². The molecule has 0 aromatic heterocycles. The first-order valence-corrected chi connectivity index (χ1v) is 6.57. The molecule has 0 radical (unpaired) electrons. The molecule has 0 aliphatic heterocycles. The second-order valence-corrected chi connectivity index (χ2v) is 5.81. The Hall–Kier alpha value is -1.84. The summed E-state index contributed by atoms with van der Waals surface area (Å²) in [4.78, 5) is 8.21. The molecule has 0 amide bonds. The lowest BCUT2D eigenvalue weighted by Crippen LogP contribution is -2.42. The summed E-state index contributed by atoms with van der Waals surface area (Å²) in [6.45, 7) is 10.5. The molecule has 0 saturated carbocycles. The van der Waals surface area contributed by atoms with Crippen LogP contribution in [-0.4, -0.2) is 32.0 Å². The third-order valence-corrected chi connectivity index (χ3v) is 3.28. The van der Waals surface area contributed by atoms with E-state index in [1.165, 1.54) is 12.1 Å². The molecule has 0 atom stereocenters. The van der Waals surface area contributed by atoms with E-state index in [9.17, 15) is 4.39 Å². The van der Waals surface area contributed by atoms with Crippen LogP contribution < -0.4 is 4.90 Å². The summed E-state index contributed by atoms with van der Waals surface area (Å²) in [5, 5.41) is 0. The molecule has 1 aromatic rings. The van der Waals surface area contributed by atoms with Gasteiger partial charge in [0.2, 0.25) is 5.96 Å². The second kappa shape index (κ2) is 6.07. The van der Waals surface area contributed by atoms with Gasteiger partial charge in [-0.15, -0.1) is 0 Å². The van der Waals surface area contributed by atoms with Crippen LogP contribution in [0.3, 0.4) is 0 Å². The largest absolute Gasteiger partial charge is 0.319 e. The standard InChI is InChI=1S/C16H24FN3/c1-12(16(2,3)4)19(6)15(18-5)20(7)14-10-8-13(17)9-11-14/h8-11H,1H2,2-7H3. The average Bonchev–Trinajstić information content (AvgIpc) is 2.38. The van der Waals surface area contributed by atoms with Gasteiger partial charge in [-0.3, -0.25) is 4.99 Å². The highest BCUT2D eigenvalue weighted by molar-refractivity contribution is 5.96. The van der Waals surface area contributed by atoms with Gasteiger partial charge in [0.25, 0.3) is 0 Å². The first-order chi connectivity index (χ1) is 9.18. The number of anilines is 1. The molecule has 110 valence electrons. The molecular formula is C16H24FN3. The lowest BCUT2D eigenvalue weighted by atomic mass is 9.92. The number of halogens is 1. The van der Waals surface area contributed by atoms with Crippen LogP contribution in [-0.2, 0) is 0 Å². The maximum Gasteiger partial charge on any atom is 0.204 e. The van der Waals surface area contributed by atoms with Crippen molar-refractivity contribution in [3.63, 3.8) is 0 Å². The van der Waals surface area contributed by atoms with Gasteiger partial charge in [-0.25, -0.2) is 4.39 Å². The highest BCUT2D eigenvalue weighted by Gasteiger charge is 2.23. The number of guanidine groups is 1. The molecule has 0 aliphatic carbocycles. The monoisotopic (exact) mass is 277 g/mol. The quantitative estimate of drug-likeness (QED) is 0.606. The number of hydrogen-bond donors (Lipinski definition) is 0. The van der Waals surface area contributed by atoms with E-state index in [0.717, 1.165) is 17.3 Å². The van der Waals surface area contributed by atoms with Crippen molar-refractivity contribution in [1.29, 1.82) is 0 Å². The van der Waals surface area contributed by atoms with E-state index < -0.39 is 0 Å². The lowest BCUT2D eigenvalue weighted by molar-refractivity contribution is 0.396. The van der Waals surface area contributed by atoms with Crippen LogP contribution in [0.25, 0.3) is 0 Å². The molecule has 0 bridgehead atoms. The first-order valence-electron chi connectivity index (χ1n) is 6.57. The zero-order chi connectivity index (χ0) is 15.5. The number of nitrogens with zero attached hydrogens (tertiary/aromatic N) is 3. The highest BCUT2D eigenvalue weighted by atomic mass is 19.1.